The Morgan fingerprint density at radius 2 is 2.21 bits per heavy atom. The molecule has 1 aromatic rings. The molecule has 1 saturated heterocycles. The summed E-state index contributed by atoms with van der Waals surface area (Å²) in [5.74, 6) is -0.400. The van der Waals surface area contributed by atoms with Gasteiger partial charge in [0.15, 0.2) is 0 Å². The number of halogens is 2. The van der Waals surface area contributed by atoms with Gasteiger partial charge in [0.25, 0.3) is 0 Å². The van der Waals surface area contributed by atoms with Gasteiger partial charge in [-0.25, -0.2) is 4.39 Å². The van der Waals surface area contributed by atoms with Crippen LogP contribution in [-0.2, 0) is 10.2 Å². The number of rotatable bonds is 2. The third-order valence-corrected chi connectivity index (χ3v) is 2.97. The molecule has 1 fully saturated rings. The SMILES string of the molecule is NCC1(c2ccc(F)c(Cl)c2)COC1. The Kier molecular flexibility index (Phi) is 2.47. The van der Waals surface area contributed by atoms with Crippen molar-refractivity contribution in [2.45, 2.75) is 5.41 Å². The molecule has 0 aromatic heterocycles. The standard InChI is InChI=1S/C10H11ClFNO/c11-8-3-7(1-2-9(8)12)10(4-13)5-14-6-10/h1-3H,4-6,13H2. The van der Waals surface area contributed by atoms with Crippen molar-refractivity contribution in [1.82, 2.24) is 0 Å². The van der Waals surface area contributed by atoms with Crippen LogP contribution in [0.3, 0.4) is 0 Å². The Morgan fingerprint density at radius 3 is 2.64 bits per heavy atom. The lowest BCUT2D eigenvalue weighted by Crippen LogP contribution is -2.52. The van der Waals surface area contributed by atoms with Gasteiger partial charge in [0.05, 0.1) is 23.7 Å². The third kappa shape index (κ3) is 1.41. The molecule has 0 bridgehead atoms. The van der Waals surface area contributed by atoms with Gasteiger partial charge in [-0.1, -0.05) is 17.7 Å². The molecule has 0 unspecified atom stereocenters. The summed E-state index contributed by atoms with van der Waals surface area (Å²) < 4.78 is 18.1. The van der Waals surface area contributed by atoms with Gasteiger partial charge in [0.2, 0.25) is 0 Å². The van der Waals surface area contributed by atoms with E-state index < -0.39 is 5.82 Å². The molecular weight excluding hydrogens is 205 g/mol. The predicted molar refractivity (Wildman–Crippen MR) is 53.0 cm³/mol. The fraction of sp³-hybridized carbons (Fsp3) is 0.400. The minimum Gasteiger partial charge on any atom is -0.379 e. The van der Waals surface area contributed by atoms with Gasteiger partial charge in [-0.15, -0.1) is 0 Å². The quantitative estimate of drug-likeness (QED) is 0.815. The second-order valence-corrected chi connectivity index (χ2v) is 4.01. The van der Waals surface area contributed by atoms with Gasteiger partial charge in [-0.05, 0) is 17.7 Å². The Bertz CT molecular complexity index is 346. The fourth-order valence-corrected chi connectivity index (χ4v) is 1.76. The molecule has 4 heteroatoms. The normalized spacial score (nSPS) is 19.1. The molecule has 0 spiro atoms. The lowest BCUT2D eigenvalue weighted by molar-refractivity contribution is -0.0550. The van der Waals surface area contributed by atoms with E-state index in [0.717, 1.165) is 5.56 Å². The third-order valence-electron chi connectivity index (χ3n) is 2.68. The first-order valence-corrected chi connectivity index (χ1v) is 4.79. The minimum absolute atomic E-state index is 0.141. The van der Waals surface area contributed by atoms with E-state index in [1.54, 1.807) is 12.1 Å². The van der Waals surface area contributed by atoms with Crippen molar-refractivity contribution in [2.24, 2.45) is 5.73 Å². The summed E-state index contributed by atoms with van der Waals surface area (Å²) in [6.07, 6.45) is 0. The summed E-state index contributed by atoms with van der Waals surface area (Å²) in [6, 6.07) is 4.72. The average molecular weight is 216 g/mol. The van der Waals surface area contributed by atoms with Crippen molar-refractivity contribution in [1.29, 1.82) is 0 Å². The number of ether oxygens (including phenoxy) is 1. The van der Waals surface area contributed by atoms with Crippen LogP contribution >= 0.6 is 11.6 Å². The van der Waals surface area contributed by atoms with Gasteiger partial charge in [0.1, 0.15) is 5.82 Å². The van der Waals surface area contributed by atoms with Crippen molar-refractivity contribution in [2.75, 3.05) is 19.8 Å². The molecule has 0 atom stereocenters. The maximum Gasteiger partial charge on any atom is 0.141 e. The van der Waals surface area contributed by atoms with E-state index >= 15 is 0 Å². The van der Waals surface area contributed by atoms with Crippen LogP contribution in [0.4, 0.5) is 4.39 Å². The highest BCUT2D eigenvalue weighted by Gasteiger charge is 2.39. The van der Waals surface area contributed by atoms with Gasteiger partial charge in [-0.2, -0.15) is 0 Å². The molecule has 2 N–H and O–H groups in total. The molecule has 2 nitrogen and oxygen atoms in total. The maximum absolute atomic E-state index is 12.9. The topological polar surface area (TPSA) is 35.2 Å². The molecule has 0 aliphatic carbocycles. The molecule has 0 radical (unpaired) electrons. The van der Waals surface area contributed by atoms with Crippen molar-refractivity contribution < 1.29 is 9.13 Å². The van der Waals surface area contributed by atoms with Crippen LogP contribution in [0.5, 0.6) is 0 Å². The lowest BCUT2D eigenvalue weighted by Gasteiger charge is -2.41. The molecule has 0 saturated carbocycles. The molecule has 76 valence electrons. The van der Waals surface area contributed by atoms with Crippen LogP contribution in [0, 0.1) is 5.82 Å². The molecule has 1 aromatic carbocycles. The van der Waals surface area contributed by atoms with Gasteiger partial charge in [0, 0.05) is 6.54 Å². The maximum atomic E-state index is 12.9. The summed E-state index contributed by atoms with van der Waals surface area (Å²) in [6.45, 7) is 1.67. The lowest BCUT2D eigenvalue weighted by atomic mass is 9.79. The molecule has 1 aliphatic heterocycles. The Hall–Kier alpha value is -0.640. The molecule has 14 heavy (non-hydrogen) atoms. The van der Waals surface area contributed by atoms with E-state index in [1.165, 1.54) is 6.07 Å². The van der Waals surface area contributed by atoms with Crippen molar-refractivity contribution in [3.8, 4) is 0 Å². The Labute approximate surface area is 86.8 Å². The highest BCUT2D eigenvalue weighted by atomic mass is 35.5. The molecule has 0 amide bonds. The number of nitrogens with two attached hydrogens (primary N) is 1. The summed E-state index contributed by atoms with van der Waals surface area (Å²) in [7, 11) is 0. The average Bonchev–Trinajstić information content (AvgIpc) is 2.10. The van der Waals surface area contributed by atoms with Crippen LogP contribution in [0.2, 0.25) is 5.02 Å². The number of benzene rings is 1. The summed E-state index contributed by atoms with van der Waals surface area (Å²) in [5.41, 5.74) is 6.47. The zero-order valence-corrected chi connectivity index (χ0v) is 8.35. The Morgan fingerprint density at radius 1 is 1.50 bits per heavy atom. The summed E-state index contributed by atoms with van der Waals surface area (Å²) in [5, 5.41) is 0.141. The summed E-state index contributed by atoms with van der Waals surface area (Å²) in [4.78, 5) is 0. The van der Waals surface area contributed by atoms with Crippen LogP contribution in [0.1, 0.15) is 5.56 Å². The van der Waals surface area contributed by atoms with Crippen LogP contribution in [-0.4, -0.2) is 19.8 Å². The van der Waals surface area contributed by atoms with Crippen LogP contribution in [0.15, 0.2) is 18.2 Å². The second kappa shape index (κ2) is 3.50. The fourth-order valence-electron chi connectivity index (χ4n) is 1.58. The second-order valence-electron chi connectivity index (χ2n) is 3.61. The van der Waals surface area contributed by atoms with Crippen LogP contribution in [0.25, 0.3) is 0 Å². The molecular formula is C10H11ClFNO. The molecule has 1 aliphatic rings. The first-order chi connectivity index (χ1) is 6.68. The number of hydrogen-bond acceptors (Lipinski definition) is 2. The Balaban J connectivity index is 2.36. The first kappa shape index (κ1) is 9.90. The minimum atomic E-state index is -0.400. The highest BCUT2D eigenvalue weighted by Crippen LogP contribution is 2.33. The van der Waals surface area contributed by atoms with E-state index in [0.29, 0.717) is 19.8 Å². The van der Waals surface area contributed by atoms with E-state index in [2.05, 4.69) is 0 Å². The van der Waals surface area contributed by atoms with Crippen LogP contribution < -0.4 is 5.73 Å². The predicted octanol–water partition coefficient (Wildman–Crippen LogP) is 1.71. The zero-order chi connectivity index (χ0) is 10.2. The first-order valence-electron chi connectivity index (χ1n) is 4.41. The van der Waals surface area contributed by atoms with E-state index in [9.17, 15) is 4.39 Å². The van der Waals surface area contributed by atoms with Crippen molar-refractivity contribution in [3.05, 3.63) is 34.6 Å². The highest BCUT2D eigenvalue weighted by molar-refractivity contribution is 6.30. The van der Waals surface area contributed by atoms with E-state index in [-0.39, 0.29) is 10.4 Å². The van der Waals surface area contributed by atoms with Gasteiger partial charge in [-0.3, -0.25) is 0 Å². The monoisotopic (exact) mass is 215 g/mol. The van der Waals surface area contributed by atoms with Crippen molar-refractivity contribution in [3.63, 3.8) is 0 Å². The molecule has 1 heterocycles. The number of hydrogen-bond donors (Lipinski definition) is 1. The zero-order valence-electron chi connectivity index (χ0n) is 7.59. The molecule has 2 rings (SSSR count). The smallest absolute Gasteiger partial charge is 0.141 e. The van der Waals surface area contributed by atoms with E-state index in [1.807, 2.05) is 0 Å². The van der Waals surface area contributed by atoms with Gasteiger partial charge >= 0.3 is 0 Å². The van der Waals surface area contributed by atoms with Gasteiger partial charge < -0.3 is 10.5 Å². The van der Waals surface area contributed by atoms with Crippen molar-refractivity contribution >= 4 is 11.6 Å². The summed E-state index contributed by atoms with van der Waals surface area (Å²) >= 11 is 5.70. The van der Waals surface area contributed by atoms with E-state index in [4.69, 9.17) is 22.1 Å². The largest absolute Gasteiger partial charge is 0.379 e.